The van der Waals surface area contributed by atoms with Gasteiger partial charge in [-0.05, 0) is 24.7 Å². The predicted molar refractivity (Wildman–Crippen MR) is 95.0 cm³/mol. The molecule has 120 valence electrons. The first-order chi connectivity index (χ1) is 9.44. The summed E-state index contributed by atoms with van der Waals surface area (Å²) in [5.74, 6) is 1.22. The van der Waals surface area contributed by atoms with Crippen LogP contribution in [0.4, 0.5) is 0 Å². The summed E-state index contributed by atoms with van der Waals surface area (Å²) >= 11 is 0. The van der Waals surface area contributed by atoms with Crippen LogP contribution in [0.5, 0.6) is 0 Å². The molecule has 2 saturated heterocycles. The number of hydrogen-bond donors (Lipinski definition) is 2. The third-order valence-electron chi connectivity index (χ3n) is 5.19. The number of amides is 1. The molecule has 0 aromatic heterocycles. The van der Waals surface area contributed by atoms with Gasteiger partial charge < -0.3 is 15.5 Å². The zero-order valence-corrected chi connectivity index (χ0v) is 15.6. The Morgan fingerprint density at radius 2 is 2.19 bits per heavy atom. The first kappa shape index (κ1) is 16.8. The van der Waals surface area contributed by atoms with Gasteiger partial charge in [0.15, 0.2) is 5.96 Å². The van der Waals surface area contributed by atoms with Crippen molar-refractivity contribution >= 4 is 35.8 Å². The highest BCUT2D eigenvalue weighted by molar-refractivity contribution is 14.0. The van der Waals surface area contributed by atoms with Crippen molar-refractivity contribution in [1.29, 1.82) is 0 Å². The molecule has 1 saturated carbocycles. The Kier molecular flexibility index (Phi) is 4.75. The Hall–Kier alpha value is -0.530. The average molecular weight is 406 g/mol. The van der Waals surface area contributed by atoms with Crippen molar-refractivity contribution in [3.63, 3.8) is 0 Å². The fraction of sp³-hybridized carbons (Fsp3) is 0.867. The second-order valence-corrected chi connectivity index (χ2v) is 7.42. The van der Waals surface area contributed by atoms with Crippen molar-refractivity contribution in [1.82, 2.24) is 15.5 Å². The first-order valence-electron chi connectivity index (χ1n) is 7.69. The van der Waals surface area contributed by atoms with Crippen LogP contribution in [0.15, 0.2) is 4.99 Å². The minimum atomic E-state index is 0. The zero-order valence-electron chi connectivity index (χ0n) is 13.2. The van der Waals surface area contributed by atoms with Gasteiger partial charge in [-0.1, -0.05) is 13.8 Å². The van der Waals surface area contributed by atoms with Crippen LogP contribution < -0.4 is 10.6 Å². The van der Waals surface area contributed by atoms with Crippen LogP contribution in [0.2, 0.25) is 0 Å². The van der Waals surface area contributed by atoms with Gasteiger partial charge in [0.05, 0.1) is 0 Å². The highest BCUT2D eigenvalue weighted by atomic mass is 127. The molecule has 2 N–H and O–H groups in total. The van der Waals surface area contributed by atoms with Gasteiger partial charge in [0.2, 0.25) is 5.91 Å². The molecule has 6 heteroatoms. The molecule has 1 spiro atoms. The van der Waals surface area contributed by atoms with Gasteiger partial charge in [0, 0.05) is 44.6 Å². The van der Waals surface area contributed by atoms with Crippen molar-refractivity contribution in [3.05, 3.63) is 0 Å². The average Bonchev–Trinajstić information content (AvgIpc) is 2.85. The van der Waals surface area contributed by atoms with Gasteiger partial charge in [-0.3, -0.25) is 9.79 Å². The molecule has 2 aliphatic heterocycles. The summed E-state index contributed by atoms with van der Waals surface area (Å²) in [7, 11) is 1.86. The van der Waals surface area contributed by atoms with Crippen LogP contribution in [0.3, 0.4) is 0 Å². The van der Waals surface area contributed by atoms with E-state index in [2.05, 4.69) is 34.4 Å². The summed E-state index contributed by atoms with van der Waals surface area (Å²) in [6.45, 7) is 7.39. The van der Waals surface area contributed by atoms with Gasteiger partial charge in [-0.15, -0.1) is 24.0 Å². The van der Waals surface area contributed by atoms with E-state index in [1.54, 1.807) is 0 Å². The molecule has 3 fully saturated rings. The highest BCUT2D eigenvalue weighted by Gasteiger charge is 2.47. The van der Waals surface area contributed by atoms with E-state index in [0.29, 0.717) is 17.9 Å². The number of piperidine rings is 1. The lowest BCUT2D eigenvalue weighted by molar-refractivity contribution is -0.119. The molecule has 0 aromatic rings. The molecule has 1 aliphatic carbocycles. The summed E-state index contributed by atoms with van der Waals surface area (Å²) in [5, 5.41) is 6.59. The number of carbonyl (C=O) groups is 1. The van der Waals surface area contributed by atoms with Crippen LogP contribution in [0, 0.1) is 10.8 Å². The lowest BCUT2D eigenvalue weighted by Crippen LogP contribution is -2.52. The molecule has 0 radical (unpaired) electrons. The third kappa shape index (κ3) is 3.46. The van der Waals surface area contributed by atoms with Crippen molar-refractivity contribution in [3.8, 4) is 0 Å². The SMILES string of the molecule is CN=C(NC1CC1(C)C)N1CCCC2(CNC(=O)C2)C1.I. The topological polar surface area (TPSA) is 56.7 Å². The van der Waals surface area contributed by atoms with Gasteiger partial charge in [-0.25, -0.2) is 0 Å². The van der Waals surface area contributed by atoms with Gasteiger partial charge >= 0.3 is 0 Å². The molecule has 3 rings (SSSR count). The Balaban J connectivity index is 0.00000161. The van der Waals surface area contributed by atoms with E-state index in [1.807, 2.05) is 7.05 Å². The number of carbonyl (C=O) groups excluding carboxylic acids is 1. The maximum absolute atomic E-state index is 11.6. The minimum Gasteiger partial charge on any atom is -0.355 e. The Labute approximate surface area is 144 Å². The molecule has 2 atom stereocenters. The fourth-order valence-corrected chi connectivity index (χ4v) is 3.60. The number of guanidine groups is 1. The van der Waals surface area contributed by atoms with Crippen LogP contribution in [-0.4, -0.2) is 49.5 Å². The lowest BCUT2D eigenvalue weighted by Gasteiger charge is -2.41. The van der Waals surface area contributed by atoms with E-state index in [4.69, 9.17) is 0 Å². The molecular formula is C15H27IN4O. The Morgan fingerprint density at radius 3 is 2.71 bits per heavy atom. The monoisotopic (exact) mass is 406 g/mol. The second kappa shape index (κ2) is 5.93. The molecule has 5 nitrogen and oxygen atoms in total. The standard InChI is InChI=1S/C15H26N4O.HI/c1-14(2)7-11(14)18-13(16-3)19-6-4-5-15(10-19)8-12(20)17-9-15;/h11H,4-10H2,1-3H3,(H,16,18)(H,17,20);1H. The molecule has 21 heavy (non-hydrogen) atoms. The second-order valence-electron chi connectivity index (χ2n) is 7.42. The summed E-state index contributed by atoms with van der Waals surface area (Å²) in [6.07, 6.45) is 4.18. The normalized spacial score (nSPS) is 34.4. The number of hydrogen-bond acceptors (Lipinski definition) is 2. The first-order valence-corrected chi connectivity index (χ1v) is 7.69. The maximum Gasteiger partial charge on any atom is 0.220 e. The van der Waals surface area contributed by atoms with Gasteiger partial charge in [0.25, 0.3) is 0 Å². The van der Waals surface area contributed by atoms with Gasteiger partial charge in [-0.2, -0.15) is 0 Å². The number of halogens is 1. The smallest absolute Gasteiger partial charge is 0.220 e. The number of likely N-dealkylation sites (tertiary alicyclic amines) is 1. The number of nitrogens with zero attached hydrogens (tertiary/aromatic N) is 2. The molecule has 0 bridgehead atoms. The van der Waals surface area contributed by atoms with E-state index in [1.165, 1.54) is 6.42 Å². The summed E-state index contributed by atoms with van der Waals surface area (Å²) in [6, 6.07) is 0.544. The lowest BCUT2D eigenvalue weighted by atomic mass is 9.79. The van der Waals surface area contributed by atoms with Crippen LogP contribution >= 0.6 is 24.0 Å². The molecule has 2 heterocycles. The summed E-state index contributed by atoms with van der Waals surface area (Å²) in [4.78, 5) is 18.4. The minimum absolute atomic E-state index is 0. The van der Waals surface area contributed by atoms with Crippen molar-refractivity contribution in [2.45, 2.75) is 45.6 Å². The summed E-state index contributed by atoms with van der Waals surface area (Å²) < 4.78 is 0. The maximum atomic E-state index is 11.6. The fourth-order valence-electron chi connectivity index (χ4n) is 3.60. The molecular weight excluding hydrogens is 379 g/mol. The van der Waals surface area contributed by atoms with E-state index >= 15 is 0 Å². The van der Waals surface area contributed by atoms with Crippen LogP contribution in [0.1, 0.15) is 39.5 Å². The largest absolute Gasteiger partial charge is 0.355 e. The predicted octanol–water partition coefficient (Wildman–Crippen LogP) is 1.58. The van der Waals surface area contributed by atoms with E-state index in [-0.39, 0.29) is 35.3 Å². The number of rotatable bonds is 1. The van der Waals surface area contributed by atoms with E-state index in [9.17, 15) is 4.79 Å². The number of nitrogens with one attached hydrogen (secondary N) is 2. The van der Waals surface area contributed by atoms with E-state index < -0.39 is 0 Å². The van der Waals surface area contributed by atoms with Crippen molar-refractivity contribution in [2.24, 2.45) is 15.8 Å². The van der Waals surface area contributed by atoms with E-state index in [0.717, 1.165) is 38.4 Å². The van der Waals surface area contributed by atoms with Crippen LogP contribution in [0.25, 0.3) is 0 Å². The highest BCUT2D eigenvalue weighted by Crippen LogP contribution is 2.45. The summed E-state index contributed by atoms with van der Waals surface area (Å²) in [5.41, 5.74) is 0.528. The van der Waals surface area contributed by atoms with Crippen molar-refractivity contribution < 1.29 is 4.79 Å². The third-order valence-corrected chi connectivity index (χ3v) is 5.19. The van der Waals surface area contributed by atoms with Crippen molar-refractivity contribution in [2.75, 3.05) is 26.7 Å². The quantitative estimate of drug-likeness (QED) is 0.395. The Morgan fingerprint density at radius 1 is 1.48 bits per heavy atom. The number of aliphatic imine (C=N–C) groups is 1. The molecule has 1 amide bonds. The molecule has 2 unspecified atom stereocenters. The molecule has 3 aliphatic rings. The Bertz CT molecular complexity index is 451. The zero-order chi connectivity index (χ0) is 14.4. The molecule has 0 aromatic carbocycles. The van der Waals surface area contributed by atoms with Gasteiger partial charge in [0.1, 0.15) is 0 Å². The van der Waals surface area contributed by atoms with Crippen LogP contribution in [-0.2, 0) is 4.79 Å².